The van der Waals surface area contributed by atoms with Crippen LogP contribution in [-0.4, -0.2) is 29.6 Å². The van der Waals surface area contributed by atoms with Crippen LogP contribution in [0.1, 0.15) is 5.82 Å². The smallest absolute Gasteiger partial charge is 0.266 e. The molecule has 0 aliphatic rings. The molecule has 24 heavy (non-hydrogen) atoms. The summed E-state index contributed by atoms with van der Waals surface area (Å²) in [5, 5.41) is 16.8. The van der Waals surface area contributed by atoms with Crippen molar-refractivity contribution in [1.29, 1.82) is 5.26 Å². The molecule has 0 spiro atoms. The molecule has 2 heterocycles. The van der Waals surface area contributed by atoms with Crippen LogP contribution >= 0.6 is 0 Å². The third-order valence-corrected chi connectivity index (χ3v) is 5.20. The summed E-state index contributed by atoms with van der Waals surface area (Å²) in [5.41, 5.74) is 0.584. The maximum Gasteiger partial charge on any atom is 0.266 e. The first kappa shape index (κ1) is 15.9. The lowest BCUT2D eigenvalue weighted by atomic mass is 10.3. The van der Waals surface area contributed by atoms with Gasteiger partial charge in [0, 0.05) is 6.20 Å². The number of benzene rings is 1. The predicted molar refractivity (Wildman–Crippen MR) is 84.3 cm³/mol. The highest BCUT2D eigenvalue weighted by Crippen LogP contribution is 2.24. The van der Waals surface area contributed by atoms with Crippen molar-refractivity contribution in [3.63, 3.8) is 0 Å². The fraction of sp³-hybridized carbons (Fsp3) is 0.133. The van der Waals surface area contributed by atoms with Gasteiger partial charge in [-0.25, -0.2) is 12.8 Å². The Morgan fingerprint density at radius 2 is 2.08 bits per heavy atom. The van der Waals surface area contributed by atoms with Gasteiger partial charge in [-0.1, -0.05) is 6.07 Å². The van der Waals surface area contributed by atoms with E-state index in [1.54, 1.807) is 13.0 Å². The van der Waals surface area contributed by atoms with Crippen molar-refractivity contribution in [2.24, 2.45) is 0 Å². The lowest BCUT2D eigenvalue weighted by molar-refractivity contribution is 0.592. The molecule has 1 aromatic carbocycles. The summed E-state index contributed by atoms with van der Waals surface area (Å²) in [7, 11) is -4.05. The molecule has 0 saturated heterocycles. The molecule has 0 radical (unpaired) electrons. The van der Waals surface area contributed by atoms with Gasteiger partial charge in [-0.2, -0.15) is 5.26 Å². The third kappa shape index (κ3) is 2.68. The largest absolute Gasteiger partial charge is 0.285 e. The average molecular weight is 345 g/mol. The van der Waals surface area contributed by atoms with E-state index >= 15 is 0 Å². The number of halogens is 1. The van der Waals surface area contributed by atoms with Crippen molar-refractivity contribution in [2.75, 3.05) is 10.8 Å². The minimum Gasteiger partial charge on any atom is -0.285 e. The first-order chi connectivity index (χ1) is 11.4. The molecule has 7 nitrogen and oxygen atoms in total. The van der Waals surface area contributed by atoms with E-state index in [4.69, 9.17) is 5.26 Å². The molecular weight excluding hydrogens is 333 g/mol. The van der Waals surface area contributed by atoms with Gasteiger partial charge in [0.05, 0.1) is 11.8 Å². The molecule has 0 fully saturated rings. The maximum absolute atomic E-state index is 13.5. The van der Waals surface area contributed by atoms with Crippen molar-refractivity contribution in [3.05, 3.63) is 54.2 Å². The van der Waals surface area contributed by atoms with Crippen molar-refractivity contribution in [1.82, 2.24) is 14.6 Å². The maximum atomic E-state index is 13.5. The monoisotopic (exact) mass is 345 g/mol. The summed E-state index contributed by atoms with van der Waals surface area (Å²) in [6.45, 7) is 1.25. The fourth-order valence-electron chi connectivity index (χ4n) is 2.28. The zero-order valence-corrected chi connectivity index (χ0v) is 13.4. The summed E-state index contributed by atoms with van der Waals surface area (Å²) >= 11 is 0. The zero-order chi connectivity index (χ0) is 17.3. The highest BCUT2D eigenvalue weighted by atomic mass is 32.2. The van der Waals surface area contributed by atoms with Crippen LogP contribution in [0, 0.1) is 24.1 Å². The van der Waals surface area contributed by atoms with Crippen LogP contribution in [-0.2, 0) is 10.0 Å². The first-order valence-corrected chi connectivity index (χ1v) is 8.34. The van der Waals surface area contributed by atoms with E-state index in [1.165, 1.54) is 40.9 Å². The summed E-state index contributed by atoms with van der Waals surface area (Å²) in [6, 6.07) is 9.78. The molecule has 0 saturated carbocycles. The molecule has 0 atom stereocenters. The Bertz CT molecular complexity index is 1060. The molecule has 3 aromatic rings. The fourth-order valence-corrected chi connectivity index (χ4v) is 3.63. The van der Waals surface area contributed by atoms with Gasteiger partial charge < -0.3 is 0 Å². The van der Waals surface area contributed by atoms with E-state index in [0.29, 0.717) is 11.5 Å². The number of nitriles is 1. The second-order valence-electron chi connectivity index (χ2n) is 4.99. The number of hydrogen-bond donors (Lipinski definition) is 0. The van der Waals surface area contributed by atoms with Crippen molar-refractivity contribution in [3.8, 4) is 6.07 Å². The third-order valence-electron chi connectivity index (χ3n) is 3.44. The molecule has 9 heteroatoms. The number of aromatic nitrogens is 3. The Morgan fingerprint density at radius 1 is 1.29 bits per heavy atom. The molecular formula is C15H12FN5O2S. The Hall–Kier alpha value is -2.99. The molecule has 2 aromatic heterocycles. The summed E-state index contributed by atoms with van der Waals surface area (Å²) in [6.07, 6.45) is 1.38. The summed E-state index contributed by atoms with van der Waals surface area (Å²) < 4.78 is 41.7. The highest BCUT2D eigenvalue weighted by molar-refractivity contribution is 7.92. The normalized spacial score (nSPS) is 11.4. The number of hydrogen-bond acceptors (Lipinski definition) is 5. The number of anilines is 1. The van der Waals surface area contributed by atoms with Gasteiger partial charge in [-0.05, 0) is 37.3 Å². The minimum atomic E-state index is -4.05. The van der Waals surface area contributed by atoms with Crippen molar-refractivity contribution in [2.45, 2.75) is 11.8 Å². The van der Waals surface area contributed by atoms with Crippen LogP contribution in [0.4, 0.5) is 10.1 Å². The van der Waals surface area contributed by atoms with Gasteiger partial charge >= 0.3 is 0 Å². The highest BCUT2D eigenvalue weighted by Gasteiger charge is 2.26. The molecule has 0 aliphatic heterocycles. The quantitative estimate of drug-likeness (QED) is 0.674. The lowest BCUT2D eigenvalue weighted by Crippen LogP contribution is -2.31. The molecule has 0 bridgehead atoms. The van der Waals surface area contributed by atoms with Crippen molar-refractivity contribution >= 4 is 21.4 Å². The number of sulfonamides is 1. The molecule has 122 valence electrons. The van der Waals surface area contributed by atoms with E-state index < -0.39 is 22.4 Å². The Labute approximate surface area is 137 Å². The van der Waals surface area contributed by atoms with Gasteiger partial charge in [0.2, 0.25) is 0 Å². The molecule has 0 N–H and O–H groups in total. The van der Waals surface area contributed by atoms with Gasteiger partial charge in [0.25, 0.3) is 10.0 Å². The zero-order valence-electron chi connectivity index (χ0n) is 12.6. The van der Waals surface area contributed by atoms with Crippen LogP contribution in [0.15, 0.2) is 47.5 Å². The van der Waals surface area contributed by atoms with Crippen LogP contribution in [0.2, 0.25) is 0 Å². The van der Waals surface area contributed by atoms with E-state index in [9.17, 15) is 12.8 Å². The van der Waals surface area contributed by atoms with Gasteiger partial charge in [-0.3, -0.25) is 8.71 Å². The van der Waals surface area contributed by atoms with Crippen LogP contribution in [0.25, 0.3) is 5.65 Å². The number of pyridine rings is 1. The first-order valence-electron chi connectivity index (χ1n) is 6.90. The Morgan fingerprint density at radius 3 is 2.79 bits per heavy atom. The minimum absolute atomic E-state index is 0.0441. The van der Waals surface area contributed by atoms with Gasteiger partial charge in [0.15, 0.2) is 5.65 Å². The van der Waals surface area contributed by atoms with Gasteiger partial charge in [-0.15, -0.1) is 10.2 Å². The van der Waals surface area contributed by atoms with Gasteiger partial charge in [0.1, 0.15) is 23.1 Å². The molecule has 0 unspecified atom stereocenters. The number of aryl methyl sites for hydroxylation is 1. The SMILES string of the molecule is Cc1nnc2ccc(S(=O)(=O)N(CC#N)c3cccc(F)c3)cn12. The second kappa shape index (κ2) is 5.90. The van der Waals surface area contributed by atoms with Crippen LogP contribution in [0.3, 0.4) is 0 Å². The number of rotatable bonds is 4. The lowest BCUT2D eigenvalue weighted by Gasteiger charge is -2.21. The van der Waals surface area contributed by atoms with E-state index in [2.05, 4.69) is 10.2 Å². The molecule has 0 aliphatic carbocycles. The van der Waals surface area contributed by atoms with E-state index in [0.717, 1.165) is 10.4 Å². The molecule has 3 rings (SSSR count). The average Bonchev–Trinajstić information content (AvgIpc) is 2.93. The number of fused-ring (bicyclic) bond motifs is 1. The Balaban J connectivity index is 2.14. The standard InChI is InChI=1S/C15H12FN5O2S/c1-11-18-19-15-6-5-14(10-20(11)15)24(22,23)21(8-7-17)13-4-2-3-12(16)9-13/h2-6,9-10H,8H2,1H3. The van der Waals surface area contributed by atoms with Crippen molar-refractivity contribution < 1.29 is 12.8 Å². The topological polar surface area (TPSA) is 91.4 Å². The number of nitrogens with zero attached hydrogens (tertiary/aromatic N) is 5. The van der Waals surface area contributed by atoms with E-state index in [-0.39, 0.29) is 10.6 Å². The second-order valence-corrected chi connectivity index (χ2v) is 6.85. The van der Waals surface area contributed by atoms with Crippen LogP contribution < -0.4 is 4.31 Å². The van der Waals surface area contributed by atoms with E-state index in [1.807, 2.05) is 0 Å². The summed E-state index contributed by atoms with van der Waals surface area (Å²) in [5.74, 6) is -0.0598. The molecule has 0 amide bonds. The van der Waals surface area contributed by atoms with Crippen LogP contribution in [0.5, 0.6) is 0 Å². The Kier molecular flexibility index (Phi) is 3.91. The predicted octanol–water partition coefficient (Wildman–Crippen LogP) is 1.90. The summed E-state index contributed by atoms with van der Waals surface area (Å²) in [4.78, 5) is -0.0441.